The molecule has 0 radical (unpaired) electrons. The molecule has 1 heterocycles. The third-order valence-corrected chi connectivity index (χ3v) is 7.47. The molecule has 3 rings (SSSR count). The smallest absolute Gasteiger partial charge is 0.205 e. The minimum absolute atomic E-state index is 0.319. The lowest BCUT2D eigenvalue weighted by atomic mass is 10.0. The van der Waals surface area contributed by atoms with Gasteiger partial charge in [-0.1, -0.05) is 73.7 Å². The summed E-state index contributed by atoms with van der Waals surface area (Å²) in [5, 5.41) is -0.823. The zero-order valence-corrected chi connectivity index (χ0v) is 18.0. The second kappa shape index (κ2) is 10.6. The van der Waals surface area contributed by atoms with Gasteiger partial charge in [0.05, 0.1) is 4.90 Å². The van der Waals surface area contributed by atoms with Crippen molar-refractivity contribution in [1.82, 2.24) is 0 Å². The monoisotopic (exact) mass is 413 g/mol. The number of sulfone groups is 1. The van der Waals surface area contributed by atoms with Gasteiger partial charge in [0.15, 0.2) is 11.8 Å². The molecule has 0 unspecified atom stereocenters. The normalized spacial score (nSPS) is 18.7. The third-order valence-electron chi connectivity index (χ3n) is 5.48. The predicted molar refractivity (Wildman–Crippen MR) is 118 cm³/mol. The van der Waals surface area contributed by atoms with Gasteiger partial charge in [0.25, 0.3) is 0 Å². The Labute approximate surface area is 174 Å². The average molecular weight is 414 g/mol. The van der Waals surface area contributed by atoms with Crippen LogP contribution in [0.2, 0.25) is 0 Å². The fourth-order valence-corrected chi connectivity index (χ4v) is 5.32. The Hall–Kier alpha value is -2.14. The van der Waals surface area contributed by atoms with E-state index in [0.717, 1.165) is 31.2 Å². The van der Waals surface area contributed by atoms with Crippen LogP contribution in [0.4, 0.5) is 0 Å². The zero-order valence-electron chi connectivity index (χ0n) is 17.2. The Kier molecular flexibility index (Phi) is 7.87. The lowest BCUT2D eigenvalue weighted by Gasteiger charge is -2.17. The van der Waals surface area contributed by atoms with Gasteiger partial charge in [0.2, 0.25) is 9.84 Å². The molecule has 29 heavy (non-hydrogen) atoms. The van der Waals surface area contributed by atoms with Crippen LogP contribution >= 0.6 is 0 Å². The van der Waals surface area contributed by atoms with E-state index in [-0.39, 0.29) is 6.10 Å². The Morgan fingerprint density at radius 2 is 1.52 bits per heavy atom. The van der Waals surface area contributed by atoms with Crippen LogP contribution in [0.3, 0.4) is 0 Å². The fraction of sp³-hybridized carbons (Fsp3) is 0.458. The number of benzene rings is 2. The lowest BCUT2D eigenvalue weighted by molar-refractivity contribution is 0.205. The maximum absolute atomic E-state index is 12.9. The predicted octanol–water partition coefficient (Wildman–Crippen LogP) is 5.50. The second-order valence-electron chi connectivity index (χ2n) is 7.82. The molecule has 1 aliphatic heterocycles. The van der Waals surface area contributed by atoms with Gasteiger partial charge in [0, 0.05) is 0 Å². The van der Waals surface area contributed by atoms with E-state index >= 15 is 0 Å². The summed E-state index contributed by atoms with van der Waals surface area (Å²) < 4.78 is 31.3. The van der Waals surface area contributed by atoms with E-state index in [2.05, 4.69) is 35.3 Å². The Bertz CT molecular complexity index is 876. The molecule has 0 N–H and O–H groups in total. The Morgan fingerprint density at radius 3 is 2.24 bits per heavy atom. The van der Waals surface area contributed by atoms with Crippen molar-refractivity contribution in [2.24, 2.45) is 4.99 Å². The van der Waals surface area contributed by atoms with Crippen molar-refractivity contribution in [3.05, 3.63) is 65.7 Å². The average Bonchev–Trinajstić information content (AvgIpc) is 3.20. The number of hydrogen-bond donors (Lipinski definition) is 0. The minimum atomic E-state index is -3.51. The van der Waals surface area contributed by atoms with Crippen molar-refractivity contribution in [1.29, 1.82) is 0 Å². The van der Waals surface area contributed by atoms with E-state index in [0.29, 0.717) is 4.90 Å². The Morgan fingerprint density at radius 1 is 0.862 bits per heavy atom. The molecule has 4 nitrogen and oxygen atoms in total. The Balaban J connectivity index is 1.35. The van der Waals surface area contributed by atoms with Crippen LogP contribution in [-0.4, -0.2) is 26.3 Å². The van der Waals surface area contributed by atoms with E-state index < -0.39 is 15.2 Å². The van der Waals surface area contributed by atoms with Crippen molar-refractivity contribution >= 4 is 16.2 Å². The van der Waals surface area contributed by atoms with E-state index in [9.17, 15) is 8.42 Å². The van der Waals surface area contributed by atoms with Crippen molar-refractivity contribution < 1.29 is 13.2 Å². The first-order valence-electron chi connectivity index (χ1n) is 10.6. The summed E-state index contributed by atoms with van der Waals surface area (Å²) in [7, 11) is -3.51. The molecular formula is C24H31NO3S. The molecule has 0 aliphatic carbocycles. The minimum Gasteiger partial charge on any atom is -0.477 e. The van der Waals surface area contributed by atoms with Crippen LogP contribution in [0, 0.1) is 6.92 Å². The molecule has 5 heteroatoms. The first-order valence-corrected chi connectivity index (χ1v) is 12.1. The van der Waals surface area contributed by atoms with Gasteiger partial charge in [-0.2, -0.15) is 0 Å². The molecule has 0 aromatic heterocycles. The lowest BCUT2D eigenvalue weighted by Crippen LogP contribution is -2.30. The van der Waals surface area contributed by atoms with Crippen LogP contribution < -0.4 is 0 Å². The topological polar surface area (TPSA) is 55.7 Å². The number of hydrogen-bond acceptors (Lipinski definition) is 4. The summed E-state index contributed by atoms with van der Waals surface area (Å²) in [4.78, 5) is 4.44. The summed E-state index contributed by atoms with van der Waals surface area (Å²) >= 11 is 0. The number of unbranched alkanes of at least 4 members (excludes halogenated alkanes) is 5. The molecule has 0 spiro atoms. The summed E-state index contributed by atoms with van der Waals surface area (Å²) in [5.74, 6) is 0. The summed E-state index contributed by atoms with van der Waals surface area (Å²) in [6.45, 7) is 1.94. The molecule has 0 bridgehead atoms. The highest BCUT2D eigenvalue weighted by Crippen LogP contribution is 2.27. The maximum Gasteiger partial charge on any atom is 0.205 e. The van der Waals surface area contributed by atoms with Gasteiger partial charge in [-0.05, 0) is 50.3 Å². The van der Waals surface area contributed by atoms with Crippen LogP contribution in [-0.2, 0) is 21.0 Å². The largest absolute Gasteiger partial charge is 0.477 e. The van der Waals surface area contributed by atoms with E-state index in [1.807, 2.05) is 19.1 Å². The molecule has 2 atom stereocenters. The van der Waals surface area contributed by atoms with Crippen molar-refractivity contribution in [3.8, 4) is 0 Å². The molecule has 0 amide bonds. The van der Waals surface area contributed by atoms with E-state index in [4.69, 9.17) is 4.74 Å². The highest BCUT2D eigenvalue weighted by atomic mass is 32.2. The number of rotatable bonds is 11. The molecule has 2 aromatic carbocycles. The number of ether oxygens (including phenoxy) is 1. The summed E-state index contributed by atoms with van der Waals surface area (Å²) in [6.07, 6.45) is 9.73. The highest BCUT2D eigenvalue weighted by molar-refractivity contribution is 7.92. The SMILES string of the molecule is Cc1ccc(S(=O)(=O)[C@@H]2N=CO[C@H]2CCCCCCCCc2ccccc2)cc1. The van der Waals surface area contributed by atoms with Crippen LogP contribution in [0.25, 0.3) is 0 Å². The van der Waals surface area contributed by atoms with Crippen molar-refractivity contribution in [2.75, 3.05) is 0 Å². The zero-order chi connectivity index (χ0) is 20.5. The van der Waals surface area contributed by atoms with Gasteiger partial charge >= 0.3 is 0 Å². The van der Waals surface area contributed by atoms with Crippen LogP contribution in [0.1, 0.15) is 56.1 Å². The maximum atomic E-state index is 12.9. The van der Waals surface area contributed by atoms with Crippen molar-refractivity contribution in [3.63, 3.8) is 0 Å². The highest BCUT2D eigenvalue weighted by Gasteiger charge is 2.38. The van der Waals surface area contributed by atoms with Crippen LogP contribution in [0.15, 0.2) is 64.5 Å². The first kappa shape index (κ1) is 21.6. The number of nitrogens with zero attached hydrogens (tertiary/aromatic N) is 1. The molecule has 156 valence electrons. The third kappa shape index (κ3) is 6.17. The summed E-state index contributed by atoms with van der Waals surface area (Å²) in [5.41, 5.74) is 2.45. The van der Waals surface area contributed by atoms with Gasteiger partial charge in [-0.25, -0.2) is 13.4 Å². The molecule has 0 saturated heterocycles. The molecule has 1 aliphatic rings. The van der Waals surface area contributed by atoms with Gasteiger partial charge < -0.3 is 4.74 Å². The molecule has 0 fully saturated rings. The molecule has 2 aromatic rings. The fourth-order valence-electron chi connectivity index (χ4n) is 3.72. The van der Waals surface area contributed by atoms with Gasteiger partial charge in [0.1, 0.15) is 6.10 Å². The molecular weight excluding hydrogens is 382 g/mol. The van der Waals surface area contributed by atoms with Gasteiger partial charge in [-0.3, -0.25) is 0 Å². The number of aryl methyl sites for hydroxylation is 2. The van der Waals surface area contributed by atoms with Gasteiger partial charge in [-0.15, -0.1) is 0 Å². The first-order chi connectivity index (χ1) is 14.1. The van der Waals surface area contributed by atoms with Crippen molar-refractivity contribution in [2.45, 2.75) is 74.7 Å². The van der Waals surface area contributed by atoms with E-state index in [1.165, 1.54) is 37.6 Å². The standard InChI is InChI=1S/C24H31NO3S/c1-20-15-17-22(18-16-20)29(26,27)24-23(28-19-25-24)14-10-5-3-2-4-7-11-21-12-8-6-9-13-21/h6,8-9,12-13,15-19,23-24H,2-5,7,10-11,14H2,1H3/t23-,24-/m0/s1. The second-order valence-corrected chi connectivity index (χ2v) is 9.87. The molecule has 0 saturated carbocycles. The number of aliphatic imine (C=N–C) groups is 1. The van der Waals surface area contributed by atoms with Crippen LogP contribution in [0.5, 0.6) is 0 Å². The summed E-state index contributed by atoms with van der Waals surface area (Å²) in [6, 6.07) is 17.6. The quantitative estimate of drug-likeness (QED) is 0.457. The van der Waals surface area contributed by atoms with E-state index in [1.54, 1.807) is 12.1 Å².